The van der Waals surface area contributed by atoms with Crippen molar-refractivity contribution in [3.63, 3.8) is 0 Å². The Kier molecular flexibility index (Phi) is 7.89. The van der Waals surface area contributed by atoms with Crippen LogP contribution in [0.5, 0.6) is 11.5 Å². The standard InChI is InChI=1S/C24H20O12/c1-12-3-5-13(6-4-12)15-9-33-16-7-14(36-22(23(29)30)24(31)32-2)8-17(20(16)21(15)28)34-11-19(27)35-10-18(25)26/h3-9,22H,10-11H2,1-2H3,(H,25,26)(H,29,30)/t22-/m0/s1. The van der Waals surface area contributed by atoms with Crippen molar-refractivity contribution in [3.8, 4) is 22.6 Å². The van der Waals surface area contributed by atoms with Gasteiger partial charge in [-0.15, -0.1) is 0 Å². The molecule has 1 atom stereocenters. The summed E-state index contributed by atoms with van der Waals surface area (Å²) < 4.78 is 25.1. The molecule has 0 saturated carbocycles. The molecule has 1 aromatic heterocycles. The first kappa shape index (κ1) is 25.7. The average molecular weight is 500 g/mol. The molecule has 0 unspecified atom stereocenters. The Hall–Kier alpha value is -4.87. The lowest BCUT2D eigenvalue weighted by Crippen LogP contribution is -2.36. The second kappa shape index (κ2) is 11.0. The minimum absolute atomic E-state index is 0.101. The van der Waals surface area contributed by atoms with E-state index in [2.05, 4.69) is 9.47 Å². The molecule has 0 saturated heterocycles. The fourth-order valence-corrected chi connectivity index (χ4v) is 3.07. The molecular formula is C24H20O12. The highest BCUT2D eigenvalue weighted by Crippen LogP contribution is 2.32. The van der Waals surface area contributed by atoms with Crippen LogP contribution < -0.4 is 14.9 Å². The quantitative estimate of drug-likeness (QED) is 0.305. The predicted octanol–water partition coefficient (Wildman–Crippen LogP) is 1.78. The first-order chi connectivity index (χ1) is 17.1. The predicted molar refractivity (Wildman–Crippen MR) is 121 cm³/mol. The lowest BCUT2D eigenvalue weighted by Gasteiger charge is -2.15. The molecule has 0 aliphatic heterocycles. The first-order valence-electron chi connectivity index (χ1n) is 10.2. The van der Waals surface area contributed by atoms with Crippen molar-refractivity contribution in [2.75, 3.05) is 20.3 Å². The molecule has 0 aliphatic rings. The molecule has 3 rings (SSSR count). The Morgan fingerprint density at radius 1 is 1.03 bits per heavy atom. The molecule has 1 heterocycles. The van der Waals surface area contributed by atoms with E-state index in [0.29, 0.717) is 5.56 Å². The van der Waals surface area contributed by atoms with Crippen LogP contribution >= 0.6 is 0 Å². The van der Waals surface area contributed by atoms with Crippen molar-refractivity contribution in [2.45, 2.75) is 13.0 Å². The second-order valence-corrected chi connectivity index (χ2v) is 7.34. The molecule has 2 aromatic carbocycles. The molecular weight excluding hydrogens is 480 g/mol. The molecule has 0 radical (unpaired) electrons. The van der Waals surface area contributed by atoms with E-state index in [4.69, 9.17) is 19.0 Å². The Morgan fingerprint density at radius 2 is 1.72 bits per heavy atom. The zero-order valence-electron chi connectivity index (χ0n) is 19.0. The topological polar surface area (TPSA) is 176 Å². The zero-order valence-corrected chi connectivity index (χ0v) is 19.0. The molecule has 2 N–H and O–H groups in total. The van der Waals surface area contributed by atoms with E-state index < -0.39 is 48.6 Å². The van der Waals surface area contributed by atoms with Crippen molar-refractivity contribution < 1.29 is 52.8 Å². The number of carboxylic acid groups (broad SMARTS) is 2. The van der Waals surface area contributed by atoms with Crippen LogP contribution in [0.15, 0.2) is 51.9 Å². The molecule has 0 amide bonds. The van der Waals surface area contributed by atoms with Gasteiger partial charge in [-0.3, -0.25) is 4.79 Å². The average Bonchev–Trinajstić information content (AvgIpc) is 2.84. The first-order valence-corrected chi connectivity index (χ1v) is 10.2. The fraction of sp³-hybridized carbons (Fsp3) is 0.208. The van der Waals surface area contributed by atoms with Crippen LogP contribution in [0.2, 0.25) is 0 Å². The number of aliphatic carboxylic acids is 2. The van der Waals surface area contributed by atoms with Gasteiger partial charge in [-0.25, -0.2) is 19.2 Å². The third-order valence-corrected chi connectivity index (χ3v) is 4.77. The van der Waals surface area contributed by atoms with Gasteiger partial charge in [0.2, 0.25) is 5.43 Å². The van der Waals surface area contributed by atoms with Crippen molar-refractivity contribution in [3.05, 3.63) is 58.4 Å². The summed E-state index contributed by atoms with van der Waals surface area (Å²) in [6.07, 6.45) is -0.849. The van der Waals surface area contributed by atoms with E-state index in [1.807, 2.05) is 6.92 Å². The summed E-state index contributed by atoms with van der Waals surface area (Å²) in [4.78, 5) is 59.0. The number of benzene rings is 2. The number of carbonyl (C=O) groups excluding carboxylic acids is 2. The molecule has 0 aliphatic carbocycles. The van der Waals surface area contributed by atoms with Gasteiger partial charge in [0.1, 0.15) is 28.7 Å². The van der Waals surface area contributed by atoms with E-state index in [1.54, 1.807) is 24.3 Å². The second-order valence-electron chi connectivity index (χ2n) is 7.34. The number of fused-ring (bicyclic) bond motifs is 1. The third-order valence-electron chi connectivity index (χ3n) is 4.77. The molecule has 12 nitrogen and oxygen atoms in total. The van der Waals surface area contributed by atoms with Crippen LogP contribution in [0, 0.1) is 6.92 Å². The summed E-state index contributed by atoms with van der Waals surface area (Å²) in [5.74, 6) is -5.77. The molecule has 0 fully saturated rings. The minimum Gasteiger partial charge on any atom is -0.481 e. The highest BCUT2D eigenvalue weighted by Gasteiger charge is 2.30. The van der Waals surface area contributed by atoms with E-state index in [0.717, 1.165) is 18.7 Å². The molecule has 188 valence electrons. The maximum absolute atomic E-state index is 13.3. The van der Waals surface area contributed by atoms with Gasteiger partial charge in [0.15, 0.2) is 13.2 Å². The minimum atomic E-state index is -2.04. The van der Waals surface area contributed by atoms with E-state index >= 15 is 0 Å². The number of ether oxygens (including phenoxy) is 4. The number of aryl methyl sites for hydroxylation is 1. The van der Waals surface area contributed by atoms with Gasteiger partial charge in [0, 0.05) is 12.1 Å². The van der Waals surface area contributed by atoms with Crippen LogP contribution in [0.1, 0.15) is 5.56 Å². The van der Waals surface area contributed by atoms with Gasteiger partial charge in [-0.2, -0.15) is 0 Å². The van der Waals surface area contributed by atoms with Crippen molar-refractivity contribution in [1.29, 1.82) is 0 Å². The summed E-state index contributed by atoms with van der Waals surface area (Å²) in [7, 11) is 0.977. The maximum Gasteiger partial charge on any atom is 0.359 e. The van der Waals surface area contributed by atoms with Crippen LogP contribution in [-0.2, 0) is 28.7 Å². The van der Waals surface area contributed by atoms with Gasteiger partial charge in [0.05, 0.1) is 12.7 Å². The third kappa shape index (κ3) is 5.97. The largest absolute Gasteiger partial charge is 0.481 e. The van der Waals surface area contributed by atoms with Crippen LogP contribution in [-0.4, -0.2) is 60.5 Å². The summed E-state index contributed by atoms with van der Waals surface area (Å²) >= 11 is 0. The van der Waals surface area contributed by atoms with Crippen LogP contribution in [0.4, 0.5) is 0 Å². The van der Waals surface area contributed by atoms with Gasteiger partial charge >= 0.3 is 23.9 Å². The van der Waals surface area contributed by atoms with Crippen LogP contribution in [0.25, 0.3) is 22.1 Å². The van der Waals surface area contributed by atoms with Gasteiger partial charge in [0.25, 0.3) is 6.10 Å². The van der Waals surface area contributed by atoms with E-state index in [9.17, 15) is 29.1 Å². The zero-order chi connectivity index (χ0) is 26.4. The normalized spacial score (nSPS) is 11.4. The number of carbonyl (C=O) groups is 4. The highest BCUT2D eigenvalue weighted by atomic mass is 16.6. The highest BCUT2D eigenvalue weighted by molar-refractivity contribution is 5.97. The molecule has 3 aromatic rings. The smallest absolute Gasteiger partial charge is 0.359 e. The molecule has 0 bridgehead atoms. The Labute approximate surface area is 202 Å². The van der Waals surface area contributed by atoms with E-state index in [-0.39, 0.29) is 28.0 Å². The SMILES string of the molecule is COC(=O)[C@@H](Oc1cc(OCC(=O)OCC(=O)O)c2c(=O)c(-c3ccc(C)cc3)coc2c1)C(=O)O. The van der Waals surface area contributed by atoms with Crippen molar-refractivity contribution in [1.82, 2.24) is 0 Å². The van der Waals surface area contributed by atoms with Gasteiger partial charge < -0.3 is 33.6 Å². The van der Waals surface area contributed by atoms with Gasteiger partial charge in [-0.05, 0) is 12.5 Å². The number of esters is 2. The molecule has 0 spiro atoms. The Bertz CT molecular complexity index is 1370. The number of hydrogen-bond acceptors (Lipinski definition) is 10. The van der Waals surface area contributed by atoms with Crippen molar-refractivity contribution in [2.24, 2.45) is 0 Å². The van der Waals surface area contributed by atoms with Crippen LogP contribution in [0.3, 0.4) is 0 Å². The number of hydrogen-bond donors (Lipinski definition) is 2. The van der Waals surface area contributed by atoms with Crippen molar-refractivity contribution >= 4 is 34.8 Å². The lowest BCUT2D eigenvalue weighted by atomic mass is 10.0. The fourth-order valence-electron chi connectivity index (χ4n) is 3.07. The lowest BCUT2D eigenvalue weighted by molar-refractivity contribution is -0.161. The monoisotopic (exact) mass is 500 g/mol. The maximum atomic E-state index is 13.3. The van der Waals surface area contributed by atoms with E-state index in [1.165, 1.54) is 12.3 Å². The summed E-state index contributed by atoms with van der Waals surface area (Å²) in [6.45, 7) is 0.187. The molecule has 36 heavy (non-hydrogen) atoms. The summed E-state index contributed by atoms with van der Waals surface area (Å²) in [5.41, 5.74) is 1.04. The number of rotatable bonds is 10. The Morgan fingerprint density at radius 3 is 2.33 bits per heavy atom. The number of carboxylic acids is 2. The van der Waals surface area contributed by atoms with Gasteiger partial charge in [-0.1, -0.05) is 29.8 Å². The summed E-state index contributed by atoms with van der Waals surface area (Å²) in [5, 5.41) is 17.8. The summed E-state index contributed by atoms with van der Waals surface area (Å²) in [6, 6.07) is 9.27. The molecule has 12 heteroatoms. The Balaban J connectivity index is 2.08. The number of methoxy groups -OCH3 is 1.